The Kier molecular flexibility index (Phi) is 4.74. The first-order chi connectivity index (χ1) is 13.2. The average Bonchev–Trinajstić information content (AvgIpc) is 3.44. The molecule has 7 heteroatoms. The summed E-state index contributed by atoms with van der Waals surface area (Å²) in [6, 6.07) is 14.3. The quantitative estimate of drug-likeness (QED) is 0.725. The lowest BCUT2D eigenvalue weighted by molar-refractivity contribution is -0.128. The summed E-state index contributed by atoms with van der Waals surface area (Å²) < 4.78 is 10.5. The zero-order valence-electron chi connectivity index (χ0n) is 14.6. The molecule has 0 saturated carbocycles. The molecule has 27 heavy (non-hydrogen) atoms. The number of likely N-dealkylation sites (tertiary alicyclic amines) is 1. The summed E-state index contributed by atoms with van der Waals surface area (Å²) in [6.07, 6.45) is 2.94. The van der Waals surface area contributed by atoms with Gasteiger partial charge < -0.3 is 19.2 Å². The second kappa shape index (κ2) is 7.49. The first-order valence-electron chi connectivity index (χ1n) is 8.85. The van der Waals surface area contributed by atoms with Gasteiger partial charge in [0.1, 0.15) is 0 Å². The maximum Gasteiger partial charge on any atom is 0.274 e. The molecule has 0 spiro atoms. The van der Waals surface area contributed by atoms with E-state index >= 15 is 0 Å². The number of carbonyl (C=O) groups excluding carboxylic acids is 2. The van der Waals surface area contributed by atoms with E-state index in [1.807, 2.05) is 30.3 Å². The number of nitrogens with zero attached hydrogens (tertiary/aromatic N) is 2. The van der Waals surface area contributed by atoms with E-state index in [0.717, 1.165) is 12.0 Å². The Balaban J connectivity index is 1.52. The van der Waals surface area contributed by atoms with E-state index in [-0.39, 0.29) is 23.6 Å². The molecule has 1 aliphatic heterocycles. The smallest absolute Gasteiger partial charge is 0.274 e. The van der Waals surface area contributed by atoms with Crippen molar-refractivity contribution in [2.75, 3.05) is 13.1 Å². The van der Waals surface area contributed by atoms with E-state index < -0.39 is 0 Å². The van der Waals surface area contributed by atoms with Crippen molar-refractivity contribution in [3.63, 3.8) is 0 Å². The first-order valence-corrected chi connectivity index (χ1v) is 8.85. The van der Waals surface area contributed by atoms with Crippen LogP contribution in [0.2, 0.25) is 0 Å². The Bertz CT molecular complexity index is 918. The lowest BCUT2D eigenvalue weighted by Gasteiger charge is -2.24. The highest BCUT2D eigenvalue weighted by Gasteiger charge is 2.26. The molecule has 0 aliphatic carbocycles. The highest BCUT2D eigenvalue weighted by molar-refractivity contribution is 5.93. The number of furan rings is 1. The zero-order valence-corrected chi connectivity index (χ0v) is 14.6. The average molecular weight is 365 g/mol. The van der Waals surface area contributed by atoms with E-state index in [2.05, 4.69) is 10.5 Å². The first kappa shape index (κ1) is 17.1. The van der Waals surface area contributed by atoms with E-state index in [0.29, 0.717) is 31.0 Å². The summed E-state index contributed by atoms with van der Waals surface area (Å²) in [4.78, 5) is 26.5. The van der Waals surface area contributed by atoms with Gasteiger partial charge in [-0.2, -0.15) is 0 Å². The minimum Gasteiger partial charge on any atom is -0.461 e. The third-order valence-electron chi connectivity index (χ3n) is 4.59. The number of hydrogen-bond acceptors (Lipinski definition) is 5. The maximum absolute atomic E-state index is 12.7. The molecule has 0 unspecified atom stereocenters. The van der Waals surface area contributed by atoms with Gasteiger partial charge in [-0.1, -0.05) is 35.5 Å². The van der Waals surface area contributed by atoms with E-state index in [9.17, 15) is 9.59 Å². The van der Waals surface area contributed by atoms with Crippen LogP contribution in [0, 0.1) is 0 Å². The second-order valence-corrected chi connectivity index (χ2v) is 6.43. The van der Waals surface area contributed by atoms with Crippen LogP contribution < -0.4 is 5.32 Å². The van der Waals surface area contributed by atoms with Crippen molar-refractivity contribution in [1.29, 1.82) is 0 Å². The van der Waals surface area contributed by atoms with Gasteiger partial charge >= 0.3 is 0 Å². The number of nitrogens with one attached hydrogen (secondary N) is 1. The molecule has 3 aromatic rings. The molecule has 0 radical (unpaired) electrons. The monoisotopic (exact) mass is 365 g/mol. The van der Waals surface area contributed by atoms with Crippen LogP contribution in [-0.2, 0) is 4.79 Å². The molecular weight excluding hydrogens is 346 g/mol. The van der Waals surface area contributed by atoms with Gasteiger partial charge in [0.25, 0.3) is 5.91 Å². The molecule has 1 aliphatic rings. The fraction of sp³-hybridized carbons (Fsp3) is 0.250. The number of rotatable bonds is 6. The molecule has 138 valence electrons. The van der Waals surface area contributed by atoms with E-state index in [1.54, 1.807) is 17.0 Å². The van der Waals surface area contributed by atoms with E-state index in [1.165, 1.54) is 12.3 Å². The van der Waals surface area contributed by atoms with Crippen LogP contribution in [0.3, 0.4) is 0 Å². The number of benzene rings is 1. The molecular formula is C20H19N3O4. The number of carbonyl (C=O) groups is 2. The van der Waals surface area contributed by atoms with Gasteiger partial charge in [-0.3, -0.25) is 9.59 Å². The second-order valence-electron chi connectivity index (χ2n) is 6.43. The number of hydrogen-bond donors (Lipinski definition) is 1. The molecule has 1 N–H and O–H groups in total. The minimum atomic E-state index is -0.364. The molecule has 1 fully saturated rings. The van der Waals surface area contributed by atoms with E-state index in [4.69, 9.17) is 8.94 Å². The lowest BCUT2D eigenvalue weighted by Crippen LogP contribution is -2.38. The van der Waals surface area contributed by atoms with Crippen molar-refractivity contribution in [3.8, 4) is 11.5 Å². The predicted molar refractivity (Wildman–Crippen MR) is 96.7 cm³/mol. The van der Waals surface area contributed by atoms with Crippen molar-refractivity contribution in [2.24, 2.45) is 0 Å². The summed E-state index contributed by atoms with van der Waals surface area (Å²) in [6.45, 7) is 1.14. The molecule has 1 atom stereocenters. The van der Waals surface area contributed by atoms with Gasteiger partial charge in [0.2, 0.25) is 11.7 Å². The van der Waals surface area contributed by atoms with Crippen LogP contribution in [0.4, 0.5) is 0 Å². The van der Waals surface area contributed by atoms with Crippen LogP contribution in [0.15, 0.2) is 63.7 Å². The largest absolute Gasteiger partial charge is 0.461 e. The highest BCUT2D eigenvalue weighted by Crippen LogP contribution is 2.22. The number of amides is 2. The summed E-state index contributed by atoms with van der Waals surface area (Å²) in [5, 5.41) is 6.81. The Hall–Kier alpha value is -3.35. The molecule has 7 nitrogen and oxygen atoms in total. The molecule has 2 amide bonds. The summed E-state index contributed by atoms with van der Waals surface area (Å²) in [7, 11) is 0. The van der Waals surface area contributed by atoms with Gasteiger partial charge in [0.15, 0.2) is 11.5 Å². The normalized spacial score (nSPS) is 15.1. The minimum absolute atomic E-state index is 0.117. The third-order valence-corrected chi connectivity index (χ3v) is 4.59. The molecule has 0 bridgehead atoms. The number of aromatic nitrogens is 1. The van der Waals surface area contributed by atoms with Crippen LogP contribution in [0.25, 0.3) is 11.5 Å². The lowest BCUT2D eigenvalue weighted by atomic mass is 10.1. The van der Waals surface area contributed by atoms with Crippen LogP contribution in [0.5, 0.6) is 0 Å². The molecule has 4 rings (SSSR count). The highest BCUT2D eigenvalue weighted by atomic mass is 16.5. The zero-order chi connectivity index (χ0) is 18.6. The van der Waals surface area contributed by atoms with Gasteiger partial charge in [0, 0.05) is 25.6 Å². The Morgan fingerprint density at radius 3 is 2.74 bits per heavy atom. The third kappa shape index (κ3) is 3.76. The summed E-state index contributed by atoms with van der Waals surface area (Å²) in [5.41, 5.74) is 1.09. The fourth-order valence-corrected chi connectivity index (χ4v) is 3.19. The van der Waals surface area contributed by atoms with Gasteiger partial charge in [-0.25, -0.2) is 0 Å². The van der Waals surface area contributed by atoms with Gasteiger partial charge in [0.05, 0.1) is 12.3 Å². The predicted octanol–water partition coefficient (Wildman–Crippen LogP) is 3.03. The molecule has 3 heterocycles. The molecule has 1 aromatic carbocycles. The van der Waals surface area contributed by atoms with Gasteiger partial charge in [-0.05, 0) is 24.1 Å². The Morgan fingerprint density at radius 1 is 1.19 bits per heavy atom. The van der Waals surface area contributed by atoms with Crippen LogP contribution >= 0.6 is 0 Å². The Morgan fingerprint density at radius 2 is 2.04 bits per heavy atom. The van der Waals surface area contributed by atoms with Crippen molar-refractivity contribution in [1.82, 2.24) is 15.4 Å². The van der Waals surface area contributed by atoms with Crippen LogP contribution in [-0.4, -0.2) is 35.0 Å². The fourth-order valence-electron chi connectivity index (χ4n) is 3.19. The van der Waals surface area contributed by atoms with Crippen molar-refractivity contribution >= 4 is 11.8 Å². The summed E-state index contributed by atoms with van der Waals surface area (Å²) >= 11 is 0. The topological polar surface area (TPSA) is 88.6 Å². The van der Waals surface area contributed by atoms with Crippen molar-refractivity contribution in [2.45, 2.75) is 18.9 Å². The molecule has 2 aromatic heterocycles. The SMILES string of the molecule is O=C(N[C@H](CN1CCCC1=O)c1ccccc1)c1cc(-c2ccco2)on1. The van der Waals surface area contributed by atoms with Gasteiger partial charge in [-0.15, -0.1) is 0 Å². The van der Waals surface area contributed by atoms with Crippen molar-refractivity contribution in [3.05, 3.63) is 66.1 Å². The maximum atomic E-state index is 12.7. The Labute approximate surface area is 155 Å². The standard InChI is InChI=1S/C20H19N3O4/c24-19-9-4-10-23(19)13-16(14-6-2-1-3-7-14)21-20(25)15-12-18(27-22-15)17-8-5-11-26-17/h1-3,5-8,11-12,16H,4,9-10,13H2,(H,21,25)/t16-/m1/s1. The molecule has 1 saturated heterocycles. The summed E-state index contributed by atoms with van der Waals surface area (Å²) in [5.74, 6) is 0.642. The van der Waals surface area contributed by atoms with Crippen molar-refractivity contribution < 1.29 is 18.5 Å². The van der Waals surface area contributed by atoms with Crippen LogP contribution in [0.1, 0.15) is 34.9 Å².